The fourth-order valence-corrected chi connectivity index (χ4v) is 3.73. The summed E-state index contributed by atoms with van der Waals surface area (Å²) in [6, 6.07) is 8.05. The molecule has 1 aromatic carbocycles. The fourth-order valence-electron chi connectivity index (χ4n) is 3.73. The number of carbonyl (C=O) groups is 1. The maximum absolute atomic E-state index is 12.5. The fraction of sp³-hybridized carbons (Fsp3) is 0.500. The van der Waals surface area contributed by atoms with E-state index in [1.54, 1.807) is 0 Å². The van der Waals surface area contributed by atoms with E-state index < -0.39 is 5.60 Å². The summed E-state index contributed by atoms with van der Waals surface area (Å²) < 4.78 is 14.0. The number of rotatable bonds is 3. The van der Waals surface area contributed by atoms with Crippen LogP contribution < -0.4 is 4.90 Å². The summed E-state index contributed by atoms with van der Waals surface area (Å²) in [6.45, 7) is 6.00. The van der Waals surface area contributed by atoms with E-state index in [0.29, 0.717) is 26.3 Å². The Labute approximate surface area is 159 Å². The van der Waals surface area contributed by atoms with Crippen LogP contribution in [-0.2, 0) is 27.9 Å². The molecule has 1 aromatic heterocycles. The first-order chi connectivity index (χ1) is 13.0. The van der Waals surface area contributed by atoms with E-state index in [1.807, 2.05) is 60.1 Å². The minimum Gasteiger partial charge on any atom is -0.377 e. The van der Waals surface area contributed by atoms with E-state index in [9.17, 15) is 4.79 Å². The van der Waals surface area contributed by atoms with Gasteiger partial charge in [0, 0.05) is 38.2 Å². The van der Waals surface area contributed by atoms with Crippen LogP contribution in [0.4, 0.5) is 5.69 Å². The van der Waals surface area contributed by atoms with Crippen LogP contribution in [0.1, 0.15) is 11.4 Å². The third-order valence-electron chi connectivity index (χ3n) is 5.31. The Hall–Kier alpha value is -2.22. The van der Waals surface area contributed by atoms with Crippen molar-refractivity contribution in [2.45, 2.75) is 19.1 Å². The van der Waals surface area contributed by atoms with E-state index in [2.05, 4.69) is 9.88 Å². The number of hydrogen-bond acceptors (Lipinski definition) is 5. The van der Waals surface area contributed by atoms with Gasteiger partial charge in [0.25, 0.3) is 5.91 Å². The summed E-state index contributed by atoms with van der Waals surface area (Å²) in [5.41, 5.74) is 1.56. The molecule has 1 spiro atoms. The zero-order valence-electron chi connectivity index (χ0n) is 15.9. The molecule has 4 rings (SSSR count). The maximum atomic E-state index is 12.5. The molecule has 0 saturated carbocycles. The van der Waals surface area contributed by atoms with Crippen LogP contribution in [0.5, 0.6) is 0 Å². The van der Waals surface area contributed by atoms with Crippen LogP contribution in [0, 0.1) is 6.92 Å². The Morgan fingerprint density at radius 3 is 2.78 bits per heavy atom. The Bertz CT molecular complexity index is 804. The predicted molar refractivity (Wildman–Crippen MR) is 102 cm³/mol. The van der Waals surface area contributed by atoms with Gasteiger partial charge in [0.15, 0.2) is 0 Å². The Kier molecular flexibility index (Phi) is 4.99. The molecule has 2 saturated heterocycles. The highest BCUT2D eigenvalue weighted by molar-refractivity contribution is 5.95. The first-order valence-electron chi connectivity index (χ1n) is 9.32. The van der Waals surface area contributed by atoms with Gasteiger partial charge in [-0.05, 0) is 19.1 Å². The number of morpholine rings is 1. The number of imidazole rings is 1. The molecule has 0 bridgehead atoms. The summed E-state index contributed by atoms with van der Waals surface area (Å²) in [5.74, 6) is 0.999. The van der Waals surface area contributed by atoms with Crippen LogP contribution in [-0.4, -0.2) is 65.4 Å². The average Bonchev–Trinajstić information content (AvgIpc) is 2.95. The molecule has 7 heteroatoms. The van der Waals surface area contributed by atoms with Gasteiger partial charge in [-0.25, -0.2) is 4.98 Å². The highest BCUT2D eigenvalue weighted by Crippen LogP contribution is 2.27. The minimum absolute atomic E-state index is 0.00984. The number of amides is 1. The molecule has 0 radical (unpaired) electrons. The van der Waals surface area contributed by atoms with Gasteiger partial charge in [-0.2, -0.15) is 0 Å². The average molecular weight is 370 g/mol. The Morgan fingerprint density at radius 1 is 1.22 bits per heavy atom. The SMILES string of the molecule is Cc1ccc(N2C[C@@]3(COCCN(Cc4nccn4C)C3)OCC2=O)cc1. The van der Waals surface area contributed by atoms with Crippen molar-refractivity contribution in [1.82, 2.24) is 14.5 Å². The van der Waals surface area contributed by atoms with Crippen molar-refractivity contribution in [2.75, 3.05) is 44.4 Å². The van der Waals surface area contributed by atoms with Gasteiger partial charge in [0.2, 0.25) is 0 Å². The molecule has 1 atom stereocenters. The largest absolute Gasteiger partial charge is 0.377 e. The summed E-state index contributed by atoms with van der Waals surface area (Å²) in [6.07, 6.45) is 3.77. The molecule has 0 unspecified atom stereocenters. The number of nitrogens with zero attached hydrogens (tertiary/aromatic N) is 4. The maximum Gasteiger partial charge on any atom is 0.253 e. The summed E-state index contributed by atoms with van der Waals surface area (Å²) in [7, 11) is 2.00. The second-order valence-electron chi connectivity index (χ2n) is 7.50. The van der Waals surface area contributed by atoms with Crippen LogP contribution >= 0.6 is 0 Å². The summed E-state index contributed by atoms with van der Waals surface area (Å²) in [5, 5.41) is 0. The standard InChI is InChI=1S/C20H26N4O3/c1-16-3-5-17(6-4-16)24-14-20(27-12-19(24)25)13-23(9-10-26-15-20)11-18-21-7-8-22(18)2/h3-8H,9-15H2,1-2H3/t20-/m0/s1. The molecule has 0 N–H and O–H groups in total. The van der Waals surface area contributed by atoms with Crippen molar-refractivity contribution >= 4 is 11.6 Å². The Morgan fingerprint density at radius 2 is 2.04 bits per heavy atom. The van der Waals surface area contributed by atoms with E-state index >= 15 is 0 Å². The van der Waals surface area contributed by atoms with Crippen molar-refractivity contribution in [1.29, 1.82) is 0 Å². The second-order valence-corrected chi connectivity index (χ2v) is 7.50. The number of benzene rings is 1. The van der Waals surface area contributed by atoms with E-state index in [1.165, 1.54) is 5.56 Å². The normalized spacial score (nSPS) is 24.4. The second kappa shape index (κ2) is 7.42. The van der Waals surface area contributed by atoms with E-state index in [-0.39, 0.29) is 12.5 Å². The topological polar surface area (TPSA) is 59.8 Å². The zero-order valence-corrected chi connectivity index (χ0v) is 15.9. The molecule has 0 aliphatic carbocycles. The van der Waals surface area contributed by atoms with Crippen molar-refractivity contribution in [3.8, 4) is 0 Å². The van der Waals surface area contributed by atoms with Gasteiger partial charge in [-0.3, -0.25) is 9.69 Å². The molecule has 2 aliphatic rings. The number of anilines is 1. The molecule has 1 amide bonds. The lowest BCUT2D eigenvalue weighted by Gasteiger charge is -2.43. The van der Waals surface area contributed by atoms with Gasteiger partial charge in [-0.1, -0.05) is 17.7 Å². The zero-order chi connectivity index (χ0) is 18.9. The number of aryl methyl sites for hydroxylation is 2. The lowest BCUT2D eigenvalue weighted by Crippen LogP contribution is -2.60. The monoisotopic (exact) mass is 370 g/mol. The van der Waals surface area contributed by atoms with Gasteiger partial charge in [-0.15, -0.1) is 0 Å². The van der Waals surface area contributed by atoms with E-state index in [4.69, 9.17) is 9.47 Å². The highest BCUT2D eigenvalue weighted by atomic mass is 16.6. The number of aromatic nitrogens is 2. The van der Waals surface area contributed by atoms with Gasteiger partial charge in [0.05, 0.1) is 26.3 Å². The summed E-state index contributed by atoms with van der Waals surface area (Å²) in [4.78, 5) is 21.1. The Balaban J connectivity index is 1.54. The van der Waals surface area contributed by atoms with Crippen LogP contribution in [0.3, 0.4) is 0 Å². The van der Waals surface area contributed by atoms with Crippen LogP contribution in [0.15, 0.2) is 36.7 Å². The molecule has 7 nitrogen and oxygen atoms in total. The predicted octanol–water partition coefficient (Wildman–Crippen LogP) is 1.36. The van der Waals surface area contributed by atoms with E-state index in [0.717, 1.165) is 24.6 Å². The quantitative estimate of drug-likeness (QED) is 0.817. The number of carbonyl (C=O) groups excluding carboxylic acids is 1. The van der Waals surface area contributed by atoms with Crippen LogP contribution in [0.2, 0.25) is 0 Å². The van der Waals surface area contributed by atoms with Crippen molar-refractivity contribution in [3.63, 3.8) is 0 Å². The van der Waals surface area contributed by atoms with Gasteiger partial charge < -0.3 is 18.9 Å². The smallest absolute Gasteiger partial charge is 0.253 e. The molecule has 2 aromatic rings. The third-order valence-corrected chi connectivity index (χ3v) is 5.31. The molecular formula is C20H26N4O3. The lowest BCUT2D eigenvalue weighted by atomic mass is 10.0. The van der Waals surface area contributed by atoms with Crippen LogP contribution in [0.25, 0.3) is 0 Å². The number of hydrogen-bond donors (Lipinski definition) is 0. The number of ether oxygens (including phenoxy) is 2. The molecule has 27 heavy (non-hydrogen) atoms. The van der Waals surface area contributed by atoms with Crippen molar-refractivity contribution in [2.24, 2.45) is 7.05 Å². The first kappa shape index (κ1) is 18.2. The van der Waals surface area contributed by atoms with Crippen molar-refractivity contribution in [3.05, 3.63) is 48.0 Å². The van der Waals surface area contributed by atoms with Gasteiger partial charge in [0.1, 0.15) is 18.0 Å². The van der Waals surface area contributed by atoms with Crippen molar-refractivity contribution < 1.29 is 14.3 Å². The lowest BCUT2D eigenvalue weighted by molar-refractivity contribution is -0.146. The summed E-state index contributed by atoms with van der Waals surface area (Å²) >= 11 is 0. The molecule has 2 aliphatic heterocycles. The molecule has 144 valence electrons. The first-order valence-corrected chi connectivity index (χ1v) is 9.32. The molecular weight excluding hydrogens is 344 g/mol. The van der Waals surface area contributed by atoms with Gasteiger partial charge >= 0.3 is 0 Å². The molecule has 3 heterocycles. The minimum atomic E-state index is -0.527. The third kappa shape index (κ3) is 3.90. The molecule has 2 fully saturated rings. The highest BCUT2D eigenvalue weighted by Gasteiger charge is 2.43.